The lowest BCUT2D eigenvalue weighted by molar-refractivity contribution is -0.147. The largest absolute Gasteiger partial charge is 0.490 e. The van der Waals surface area contributed by atoms with Gasteiger partial charge >= 0.3 is 11.9 Å². The highest BCUT2D eigenvalue weighted by atomic mass is 16.6. The molecule has 0 saturated heterocycles. The Bertz CT molecular complexity index is 1520. The second kappa shape index (κ2) is 17.4. The summed E-state index contributed by atoms with van der Waals surface area (Å²) < 4.78 is 35.0. The molecule has 8 nitrogen and oxygen atoms in total. The molecule has 48 heavy (non-hydrogen) atoms. The molecular formula is C40H42O8. The number of aryl methyl sites for hydroxylation is 4. The van der Waals surface area contributed by atoms with Crippen molar-refractivity contribution in [2.24, 2.45) is 0 Å². The van der Waals surface area contributed by atoms with Gasteiger partial charge in [0.25, 0.3) is 0 Å². The van der Waals surface area contributed by atoms with E-state index in [4.69, 9.17) is 28.4 Å². The first-order valence-corrected chi connectivity index (χ1v) is 15.7. The van der Waals surface area contributed by atoms with Gasteiger partial charge in [0.2, 0.25) is 0 Å². The Morgan fingerprint density at radius 1 is 0.542 bits per heavy atom. The first kappa shape index (κ1) is 35.4. The molecule has 0 aromatic heterocycles. The predicted molar refractivity (Wildman–Crippen MR) is 186 cm³/mol. The summed E-state index contributed by atoms with van der Waals surface area (Å²) in [5, 5.41) is 0. The van der Waals surface area contributed by atoms with Gasteiger partial charge in [0.05, 0.1) is 0 Å². The average molecular weight is 651 g/mol. The lowest BCUT2D eigenvalue weighted by atomic mass is 9.96. The lowest BCUT2D eigenvalue weighted by Gasteiger charge is -2.21. The van der Waals surface area contributed by atoms with E-state index >= 15 is 0 Å². The topological polar surface area (TPSA) is 89.5 Å². The van der Waals surface area contributed by atoms with Gasteiger partial charge in [0.1, 0.15) is 49.4 Å². The Morgan fingerprint density at radius 2 is 0.854 bits per heavy atom. The number of benzene rings is 4. The van der Waals surface area contributed by atoms with Crippen molar-refractivity contribution in [2.45, 2.75) is 39.9 Å². The van der Waals surface area contributed by atoms with Crippen LogP contribution >= 0.6 is 0 Å². The molecule has 8 heteroatoms. The number of para-hydroxylation sites is 2. The van der Waals surface area contributed by atoms with Crippen LogP contribution in [0, 0.1) is 27.7 Å². The van der Waals surface area contributed by atoms with Gasteiger partial charge in [-0.2, -0.15) is 0 Å². The summed E-state index contributed by atoms with van der Waals surface area (Å²) in [5.41, 5.74) is 5.78. The van der Waals surface area contributed by atoms with Crippen LogP contribution in [0.3, 0.4) is 0 Å². The molecule has 0 fully saturated rings. The first-order valence-electron chi connectivity index (χ1n) is 15.7. The summed E-state index contributed by atoms with van der Waals surface area (Å²) in [5.74, 6) is 1.67. The van der Waals surface area contributed by atoms with Crippen LogP contribution in [0.5, 0.6) is 23.0 Å². The van der Waals surface area contributed by atoms with E-state index < -0.39 is 24.1 Å². The zero-order valence-corrected chi connectivity index (χ0v) is 27.9. The number of hydrogen-bond acceptors (Lipinski definition) is 8. The van der Waals surface area contributed by atoms with Crippen LogP contribution in [0.1, 0.15) is 22.3 Å². The fourth-order valence-corrected chi connectivity index (χ4v) is 5.11. The summed E-state index contributed by atoms with van der Waals surface area (Å²) in [6, 6.07) is 26.9. The fraction of sp³-hybridized carbons (Fsp3) is 0.250. The van der Waals surface area contributed by atoms with Crippen molar-refractivity contribution in [3.05, 3.63) is 132 Å². The molecule has 2 unspecified atom stereocenters. The highest BCUT2D eigenvalue weighted by Gasteiger charge is 2.19. The summed E-state index contributed by atoms with van der Waals surface area (Å²) in [4.78, 5) is 24.0. The van der Waals surface area contributed by atoms with Crippen molar-refractivity contribution in [1.82, 2.24) is 0 Å². The van der Waals surface area contributed by atoms with Crippen LogP contribution in [0.15, 0.2) is 110 Å². The molecule has 0 N–H and O–H groups in total. The lowest BCUT2D eigenvalue weighted by Crippen LogP contribution is -2.30. The highest BCUT2D eigenvalue weighted by Crippen LogP contribution is 2.34. The number of esters is 2. The minimum Gasteiger partial charge on any atom is -0.490 e. The number of rotatable bonds is 17. The maximum absolute atomic E-state index is 12.0. The molecule has 0 aliphatic heterocycles. The third kappa shape index (κ3) is 10.3. The Balaban J connectivity index is 1.44. The van der Waals surface area contributed by atoms with Crippen molar-refractivity contribution < 1.29 is 38.0 Å². The minimum absolute atomic E-state index is 0.108. The van der Waals surface area contributed by atoms with E-state index in [0.29, 0.717) is 23.0 Å². The van der Waals surface area contributed by atoms with Crippen molar-refractivity contribution in [3.8, 4) is 34.1 Å². The molecule has 0 saturated carbocycles. The second-order valence-corrected chi connectivity index (χ2v) is 11.3. The van der Waals surface area contributed by atoms with Crippen LogP contribution < -0.4 is 18.9 Å². The van der Waals surface area contributed by atoms with Crippen molar-refractivity contribution in [2.75, 3.05) is 26.4 Å². The zero-order valence-electron chi connectivity index (χ0n) is 27.9. The molecule has 0 bridgehead atoms. The normalized spacial score (nSPS) is 11.8. The standard InChI is InChI=1S/C40H42O8/c1-7-37(41)47-35(23-43-33-15-11-9-12-16-33)25-45-39-27(3)19-31(20-28(39)4)32-21-29(5)40(30(6)22-32)46-26-36(48-38(42)8-2)24-44-34-17-13-10-14-18-34/h7-22,35-36H,1-2,23-26H2,3-6H3. The predicted octanol–water partition coefficient (Wildman–Crippen LogP) is 7.70. The molecular weight excluding hydrogens is 608 g/mol. The van der Waals surface area contributed by atoms with Crippen LogP contribution in [0.25, 0.3) is 11.1 Å². The summed E-state index contributed by atoms with van der Waals surface area (Å²) >= 11 is 0. The molecule has 0 aliphatic rings. The van der Waals surface area contributed by atoms with E-state index in [0.717, 1.165) is 45.5 Å². The van der Waals surface area contributed by atoms with E-state index in [1.165, 1.54) is 0 Å². The van der Waals surface area contributed by atoms with Gasteiger partial charge in [-0.1, -0.05) is 49.6 Å². The van der Waals surface area contributed by atoms with Crippen LogP contribution in [0.2, 0.25) is 0 Å². The van der Waals surface area contributed by atoms with E-state index in [2.05, 4.69) is 37.4 Å². The average Bonchev–Trinajstić information content (AvgIpc) is 3.09. The van der Waals surface area contributed by atoms with Gasteiger partial charge in [-0.15, -0.1) is 0 Å². The number of ether oxygens (including phenoxy) is 6. The van der Waals surface area contributed by atoms with Gasteiger partial charge in [-0.3, -0.25) is 0 Å². The van der Waals surface area contributed by atoms with Crippen molar-refractivity contribution in [3.63, 3.8) is 0 Å². The molecule has 4 aromatic carbocycles. The quantitative estimate of drug-likeness (QED) is 0.0849. The third-order valence-electron chi connectivity index (χ3n) is 7.34. The van der Waals surface area contributed by atoms with Crippen molar-refractivity contribution >= 4 is 11.9 Å². The number of hydrogen-bond donors (Lipinski definition) is 0. The second-order valence-electron chi connectivity index (χ2n) is 11.3. The fourth-order valence-electron chi connectivity index (χ4n) is 5.11. The van der Waals surface area contributed by atoms with E-state index in [1.54, 1.807) is 0 Å². The minimum atomic E-state index is -0.642. The molecule has 0 spiro atoms. The molecule has 0 amide bonds. The Morgan fingerprint density at radius 3 is 1.17 bits per heavy atom. The van der Waals surface area contributed by atoms with Crippen LogP contribution in [-0.4, -0.2) is 50.6 Å². The zero-order chi connectivity index (χ0) is 34.5. The molecule has 0 heterocycles. The number of carbonyl (C=O) groups is 2. The van der Waals surface area contributed by atoms with Crippen molar-refractivity contribution in [1.29, 1.82) is 0 Å². The summed E-state index contributed by atoms with van der Waals surface area (Å²) in [6.07, 6.45) is 0.961. The Labute approximate surface area is 282 Å². The monoisotopic (exact) mass is 650 g/mol. The van der Waals surface area contributed by atoms with Gasteiger partial charge in [0, 0.05) is 12.2 Å². The van der Waals surface area contributed by atoms with E-state index in [-0.39, 0.29) is 26.4 Å². The molecule has 2 atom stereocenters. The van der Waals surface area contributed by atoms with E-state index in [1.807, 2.05) is 88.4 Å². The maximum Gasteiger partial charge on any atom is 0.330 e. The molecule has 4 aromatic rings. The maximum atomic E-state index is 12.0. The highest BCUT2D eigenvalue weighted by molar-refractivity contribution is 5.81. The van der Waals surface area contributed by atoms with Gasteiger partial charge in [-0.05, 0) is 110 Å². The van der Waals surface area contributed by atoms with Gasteiger partial charge in [-0.25, -0.2) is 9.59 Å². The van der Waals surface area contributed by atoms with Crippen LogP contribution in [0.4, 0.5) is 0 Å². The number of carbonyl (C=O) groups excluding carboxylic acids is 2. The molecule has 0 radical (unpaired) electrons. The van der Waals surface area contributed by atoms with Crippen LogP contribution in [-0.2, 0) is 19.1 Å². The van der Waals surface area contributed by atoms with Gasteiger partial charge in [0.15, 0.2) is 12.2 Å². The molecule has 4 rings (SSSR count). The molecule has 250 valence electrons. The summed E-state index contributed by atoms with van der Waals surface area (Å²) in [6.45, 7) is 15.4. The Hall–Kier alpha value is -5.50. The smallest absolute Gasteiger partial charge is 0.330 e. The Kier molecular flexibility index (Phi) is 12.8. The van der Waals surface area contributed by atoms with Gasteiger partial charge < -0.3 is 28.4 Å². The third-order valence-corrected chi connectivity index (χ3v) is 7.34. The molecule has 0 aliphatic carbocycles. The summed E-state index contributed by atoms with van der Waals surface area (Å²) in [7, 11) is 0. The van der Waals surface area contributed by atoms with E-state index in [9.17, 15) is 9.59 Å². The first-order chi connectivity index (χ1) is 23.2. The SMILES string of the molecule is C=CC(=O)OC(COc1ccccc1)COc1c(C)cc(-c2cc(C)c(OCC(COc3ccccc3)OC(=O)C=C)c(C)c2)cc1C.